The van der Waals surface area contributed by atoms with Gasteiger partial charge in [-0.2, -0.15) is 4.98 Å². The molecule has 1 saturated carbocycles. The molecule has 1 aliphatic carbocycles. The van der Waals surface area contributed by atoms with E-state index in [-0.39, 0.29) is 17.4 Å². The number of fused-ring (bicyclic) bond motifs is 1. The van der Waals surface area contributed by atoms with Crippen LogP contribution in [-0.4, -0.2) is 45.1 Å². The molecule has 3 atom stereocenters. The number of anilines is 1. The molecule has 1 saturated heterocycles. The standard InChI is InChI=1S/C24H27N5O2/c1-16-7-3-4-10-20(16)26-22(30)17(2)29-14-19-9-5-11-24(19,15-29)23-27-21(28-31-23)18-8-6-12-25-13-18/h3-4,6-8,10,12-13,17,19H,5,9,11,14-15H2,1-2H3,(H,26,30)/t17-,19-,24-/m1/s1. The van der Waals surface area contributed by atoms with Gasteiger partial charge in [-0.15, -0.1) is 0 Å². The summed E-state index contributed by atoms with van der Waals surface area (Å²) < 4.78 is 5.79. The summed E-state index contributed by atoms with van der Waals surface area (Å²) >= 11 is 0. The van der Waals surface area contributed by atoms with Crippen molar-refractivity contribution in [2.45, 2.75) is 44.6 Å². The molecule has 1 amide bonds. The molecule has 7 heteroatoms. The zero-order valence-corrected chi connectivity index (χ0v) is 17.9. The molecule has 5 rings (SSSR count). The lowest BCUT2D eigenvalue weighted by molar-refractivity contribution is -0.120. The highest BCUT2D eigenvalue weighted by Gasteiger charge is 2.55. The van der Waals surface area contributed by atoms with Crippen molar-refractivity contribution < 1.29 is 9.32 Å². The average Bonchev–Trinajstić information content (AvgIpc) is 3.50. The summed E-state index contributed by atoms with van der Waals surface area (Å²) in [5.41, 5.74) is 2.60. The highest BCUT2D eigenvalue weighted by molar-refractivity contribution is 5.95. The van der Waals surface area contributed by atoms with Crippen LogP contribution < -0.4 is 5.32 Å². The number of aryl methyl sites for hydroxylation is 1. The number of rotatable bonds is 5. The number of aromatic nitrogens is 3. The highest BCUT2D eigenvalue weighted by atomic mass is 16.5. The van der Waals surface area contributed by atoms with E-state index < -0.39 is 0 Å². The van der Waals surface area contributed by atoms with E-state index in [1.165, 1.54) is 0 Å². The topological polar surface area (TPSA) is 84.2 Å². The van der Waals surface area contributed by atoms with E-state index in [1.807, 2.05) is 50.2 Å². The smallest absolute Gasteiger partial charge is 0.241 e. The molecule has 1 aliphatic heterocycles. The molecule has 0 spiro atoms. The fourth-order valence-corrected chi connectivity index (χ4v) is 5.13. The number of benzene rings is 1. The van der Waals surface area contributed by atoms with Gasteiger partial charge in [0.1, 0.15) is 0 Å². The summed E-state index contributed by atoms with van der Waals surface area (Å²) in [4.78, 5) is 24.2. The third kappa shape index (κ3) is 3.53. The first-order valence-corrected chi connectivity index (χ1v) is 10.9. The van der Waals surface area contributed by atoms with Crippen molar-refractivity contribution in [3.63, 3.8) is 0 Å². The summed E-state index contributed by atoms with van der Waals surface area (Å²) in [6.45, 7) is 5.61. The summed E-state index contributed by atoms with van der Waals surface area (Å²) in [7, 11) is 0. The Bertz CT molecular complexity index is 1080. The number of nitrogens with zero attached hydrogens (tertiary/aromatic N) is 4. The van der Waals surface area contributed by atoms with Gasteiger partial charge in [-0.25, -0.2) is 0 Å². The zero-order valence-electron chi connectivity index (χ0n) is 17.9. The SMILES string of the molecule is Cc1ccccc1NC(=O)[C@@H](C)N1C[C@H]2CCC[C@@]2(c2nc(-c3cccnc3)no2)C1. The van der Waals surface area contributed by atoms with Gasteiger partial charge >= 0.3 is 0 Å². The fourth-order valence-electron chi connectivity index (χ4n) is 5.13. The molecular weight excluding hydrogens is 390 g/mol. The van der Waals surface area contributed by atoms with Crippen molar-refractivity contribution in [1.82, 2.24) is 20.0 Å². The van der Waals surface area contributed by atoms with Crippen molar-refractivity contribution in [2.75, 3.05) is 18.4 Å². The number of para-hydroxylation sites is 1. The molecule has 2 aromatic heterocycles. The number of amides is 1. The van der Waals surface area contributed by atoms with Gasteiger partial charge in [0.15, 0.2) is 0 Å². The van der Waals surface area contributed by atoms with E-state index >= 15 is 0 Å². The van der Waals surface area contributed by atoms with E-state index in [0.717, 1.165) is 49.2 Å². The fraction of sp³-hybridized carbons (Fsp3) is 0.417. The van der Waals surface area contributed by atoms with Crippen LogP contribution in [0.2, 0.25) is 0 Å². The number of pyridine rings is 1. The van der Waals surface area contributed by atoms with Crippen molar-refractivity contribution >= 4 is 11.6 Å². The van der Waals surface area contributed by atoms with Gasteiger partial charge in [-0.05, 0) is 56.4 Å². The van der Waals surface area contributed by atoms with Gasteiger partial charge in [0.2, 0.25) is 17.6 Å². The number of nitrogens with one attached hydrogen (secondary N) is 1. The molecule has 2 fully saturated rings. The molecule has 1 N–H and O–H groups in total. The van der Waals surface area contributed by atoms with Crippen LogP contribution in [0.15, 0.2) is 53.3 Å². The molecule has 0 radical (unpaired) electrons. The Morgan fingerprint density at radius 3 is 2.97 bits per heavy atom. The Labute approximate surface area is 181 Å². The summed E-state index contributed by atoms with van der Waals surface area (Å²) in [5, 5.41) is 7.32. The molecule has 1 aromatic carbocycles. The molecular formula is C24H27N5O2. The third-order valence-corrected chi connectivity index (χ3v) is 7.00. The van der Waals surface area contributed by atoms with Crippen molar-refractivity contribution in [3.8, 4) is 11.4 Å². The second-order valence-corrected chi connectivity index (χ2v) is 8.82. The number of carbonyl (C=O) groups is 1. The summed E-state index contributed by atoms with van der Waals surface area (Å²) in [5.74, 6) is 1.71. The van der Waals surface area contributed by atoms with Gasteiger partial charge in [-0.1, -0.05) is 29.8 Å². The van der Waals surface area contributed by atoms with Crippen LogP contribution in [0.1, 0.15) is 37.6 Å². The molecule has 3 aromatic rings. The minimum Gasteiger partial charge on any atom is -0.338 e. The van der Waals surface area contributed by atoms with Crippen molar-refractivity contribution in [3.05, 3.63) is 60.2 Å². The van der Waals surface area contributed by atoms with E-state index in [4.69, 9.17) is 9.51 Å². The van der Waals surface area contributed by atoms with Crippen molar-refractivity contribution in [2.24, 2.45) is 5.92 Å². The second kappa shape index (κ2) is 7.89. The average molecular weight is 418 g/mol. The quantitative estimate of drug-likeness (QED) is 0.679. The van der Waals surface area contributed by atoms with Crippen LogP contribution in [0.3, 0.4) is 0 Å². The maximum atomic E-state index is 13.0. The van der Waals surface area contributed by atoms with E-state index in [1.54, 1.807) is 12.4 Å². The second-order valence-electron chi connectivity index (χ2n) is 8.82. The van der Waals surface area contributed by atoms with Crippen LogP contribution in [0.4, 0.5) is 5.69 Å². The predicted molar refractivity (Wildman–Crippen MR) is 117 cm³/mol. The monoisotopic (exact) mass is 417 g/mol. The van der Waals surface area contributed by atoms with E-state index in [2.05, 4.69) is 20.4 Å². The first kappa shape index (κ1) is 19.9. The highest BCUT2D eigenvalue weighted by Crippen LogP contribution is 2.50. The van der Waals surface area contributed by atoms with Gasteiger partial charge in [-0.3, -0.25) is 14.7 Å². The Kier molecular flexibility index (Phi) is 5.06. The lowest BCUT2D eigenvalue weighted by atomic mass is 9.80. The lowest BCUT2D eigenvalue weighted by Gasteiger charge is -2.27. The molecule has 0 bridgehead atoms. The molecule has 2 aliphatic rings. The summed E-state index contributed by atoms with van der Waals surface area (Å²) in [6, 6.07) is 11.4. The van der Waals surface area contributed by atoms with E-state index in [0.29, 0.717) is 17.6 Å². The largest absolute Gasteiger partial charge is 0.338 e. The minimum atomic E-state index is -0.234. The van der Waals surface area contributed by atoms with Crippen LogP contribution in [0.5, 0.6) is 0 Å². The number of carbonyl (C=O) groups excluding carboxylic acids is 1. The molecule has 160 valence electrons. The molecule has 3 heterocycles. The van der Waals surface area contributed by atoms with Gasteiger partial charge < -0.3 is 9.84 Å². The van der Waals surface area contributed by atoms with Crippen LogP contribution in [0.25, 0.3) is 11.4 Å². The number of likely N-dealkylation sites (tertiary alicyclic amines) is 1. The van der Waals surface area contributed by atoms with Gasteiger partial charge in [0, 0.05) is 36.7 Å². The zero-order chi connectivity index (χ0) is 21.4. The minimum absolute atomic E-state index is 0.0194. The predicted octanol–water partition coefficient (Wildman–Crippen LogP) is 3.82. The normalized spacial score (nSPS) is 24.1. The van der Waals surface area contributed by atoms with Crippen molar-refractivity contribution in [1.29, 1.82) is 0 Å². The van der Waals surface area contributed by atoms with Crippen LogP contribution in [-0.2, 0) is 10.2 Å². The molecule has 7 nitrogen and oxygen atoms in total. The van der Waals surface area contributed by atoms with Crippen LogP contribution >= 0.6 is 0 Å². The Morgan fingerprint density at radius 1 is 1.29 bits per heavy atom. The summed E-state index contributed by atoms with van der Waals surface area (Å²) in [6.07, 6.45) is 6.75. The Morgan fingerprint density at radius 2 is 2.16 bits per heavy atom. The first-order valence-electron chi connectivity index (χ1n) is 10.9. The number of hydrogen-bond acceptors (Lipinski definition) is 6. The lowest BCUT2D eigenvalue weighted by Crippen LogP contribution is -2.42. The van der Waals surface area contributed by atoms with E-state index in [9.17, 15) is 4.79 Å². The maximum Gasteiger partial charge on any atom is 0.241 e. The third-order valence-electron chi connectivity index (χ3n) is 7.00. The Balaban J connectivity index is 1.35. The first-order chi connectivity index (χ1) is 15.1. The molecule has 31 heavy (non-hydrogen) atoms. The van der Waals surface area contributed by atoms with Crippen LogP contribution in [0, 0.1) is 12.8 Å². The van der Waals surface area contributed by atoms with Gasteiger partial charge in [0.05, 0.1) is 11.5 Å². The Hall–Kier alpha value is -3.06. The number of hydrogen-bond donors (Lipinski definition) is 1. The van der Waals surface area contributed by atoms with Gasteiger partial charge in [0.25, 0.3) is 0 Å². The maximum absolute atomic E-state index is 13.0. The molecule has 0 unspecified atom stereocenters.